The summed E-state index contributed by atoms with van der Waals surface area (Å²) in [5, 5.41) is 10.8. The van der Waals surface area contributed by atoms with Crippen molar-refractivity contribution >= 4 is 11.0 Å². The minimum atomic E-state index is -0.333. The molecule has 1 N–H and O–H groups in total. The Balaban J connectivity index is 2.40. The van der Waals surface area contributed by atoms with Crippen molar-refractivity contribution in [2.24, 2.45) is 0 Å². The van der Waals surface area contributed by atoms with Crippen molar-refractivity contribution in [1.82, 2.24) is 0 Å². The fourth-order valence-corrected chi connectivity index (χ4v) is 2.64. The van der Waals surface area contributed by atoms with Crippen LogP contribution in [0.25, 0.3) is 11.0 Å². The second-order valence-corrected chi connectivity index (χ2v) is 4.55. The molecule has 4 nitrogen and oxygen atoms in total. The Kier molecular flexibility index (Phi) is 2.51. The van der Waals surface area contributed by atoms with Gasteiger partial charge in [0.05, 0.1) is 7.11 Å². The number of aryl methyl sites for hydroxylation is 1. The van der Waals surface area contributed by atoms with Crippen LogP contribution in [0.15, 0.2) is 21.3 Å². The zero-order valence-corrected chi connectivity index (χ0v) is 10.2. The molecule has 0 aliphatic heterocycles. The van der Waals surface area contributed by atoms with Crippen LogP contribution < -0.4 is 10.4 Å². The number of methoxy groups -OCH3 is 1. The molecule has 0 spiro atoms. The quantitative estimate of drug-likeness (QED) is 0.785. The molecule has 0 amide bonds. The monoisotopic (exact) mass is 246 g/mol. The number of hydrogen-bond donors (Lipinski definition) is 1. The number of rotatable bonds is 1. The molecule has 0 atom stereocenters. The van der Waals surface area contributed by atoms with Crippen molar-refractivity contribution < 1.29 is 14.3 Å². The fourth-order valence-electron chi connectivity index (χ4n) is 2.64. The zero-order valence-electron chi connectivity index (χ0n) is 10.2. The average molecular weight is 246 g/mol. The van der Waals surface area contributed by atoms with Crippen LogP contribution in [0.3, 0.4) is 0 Å². The van der Waals surface area contributed by atoms with Crippen molar-refractivity contribution in [2.45, 2.75) is 25.7 Å². The molecule has 0 unspecified atom stereocenters. The minimum Gasteiger partial charge on any atom is -0.502 e. The van der Waals surface area contributed by atoms with E-state index < -0.39 is 0 Å². The first-order valence-electron chi connectivity index (χ1n) is 6.07. The average Bonchev–Trinajstić information content (AvgIpc) is 2.41. The highest BCUT2D eigenvalue weighted by Crippen LogP contribution is 2.37. The standard InChI is InChI=1S/C14H14O4/c1-17-11-7-6-9-8-4-2-3-5-10(8)14(16)18-13(9)12(11)15/h6-7,15H,2-5H2,1H3. The van der Waals surface area contributed by atoms with Gasteiger partial charge in [0.2, 0.25) is 5.75 Å². The maximum absolute atomic E-state index is 11.9. The Hall–Kier alpha value is -1.97. The molecule has 1 aromatic carbocycles. The molecule has 0 fully saturated rings. The van der Waals surface area contributed by atoms with Crippen molar-refractivity contribution in [3.8, 4) is 11.5 Å². The highest BCUT2D eigenvalue weighted by Gasteiger charge is 2.20. The summed E-state index contributed by atoms with van der Waals surface area (Å²) in [6, 6.07) is 3.55. The third-order valence-electron chi connectivity index (χ3n) is 3.55. The first kappa shape index (κ1) is 11.1. The highest BCUT2D eigenvalue weighted by molar-refractivity contribution is 5.88. The summed E-state index contributed by atoms with van der Waals surface area (Å²) in [6.07, 6.45) is 3.72. The second-order valence-electron chi connectivity index (χ2n) is 4.55. The van der Waals surface area contributed by atoms with Gasteiger partial charge < -0.3 is 14.3 Å². The molecular weight excluding hydrogens is 232 g/mol. The normalized spacial score (nSPS) is 14.5. The molecule has 0 bridgehead atoms. The van der Waals surface area contributed by atoms with Crippen LogP contribution in [-0.2, 0) is 12.8 Å². The zero-order chi connectivity index (χ0) is 12.7. The van der Waals surface area contributed by atoms with Gasteiger partial charge in [0.15, 0.2) is 11.3 Å². The lowest BCUT2D eigenvalue weighted by molar-refractivity contribution is 0.370. The molecule has 1 heterocycles. The van der Waals surface area contributed by atoms with E-state index in [0.717, 1.165) is 42.2 Å². The van der Waals surface area contributed by atoms with E-state index in [0.29, 0.717) is 5.75 Å². The van der Waals surface area contributed by atoms with Gasteiger partial charge >= 0.3 is 5.63 Å². The van der Waals surface area contributed by atoms with E-state index in [9.17, 15) is 9.90 Å². The van der Waals surface area contributed by atoms with Crippen LogP contribution in [0, 0.1) is 0 Å². The summed E-state index contributed by atoms with van der Waals surface area (Å²) in [4.78, 5) is 11.9. The first-order valence-corrected chi connectivity index (χ1v) is 6.07. The predicted molar refractivity (Wildman–Crippen MR) is 67.3 cm³/mol. The van der Waals surface area contributed by atoms with Crippen molar-refractivity contribution in [2.75, 3.05) is 7.11 Å². The number of phenolic OH excluding ortho intramolecular Hbond substituents is 1. The van der Waals surface area contributed by atoms with Gasteiger partial charge in [-0.3, -0.25) is 0 Å². The van der Waals surface area contributed by atoms with E-state index in [1.54, 1.807) is 6.07 Å². The molecule has 2 aromatic rings. The van der Waals surface area contributed by atoms with Gasteiger partial charge in [-0.05, 0) is 43.4 Å². The smallest absolute Gasteiger partial charge is 0.339 e. The van der Waals surface area contributed by atoms with E-state index in [-0.39, 0.29) is 17.0 Å². The van der Waals surface area contributed by atoms with Gasteiger partial charge in [0, 0.05) is 10.9 Å². The topological polar surface area (TPSA) is 59.7 Å². The van der Waals surface area contributed by atoms with Gasteiger partial charge in [0.25, 0.3) is 0 Å². The predicted octanol–water partition coefficient (Wildman–Crippen LogP) is 2.39. The van der Waals surface area contributed by atoms with Crippen LogP contribution in [0.2, 0.25) is 0 Å². The lowest BCUT2D eigenvalue weighted by Crippen LogP contribution is -2.15. The van der Waals surface area contributed by atoms with E-state index in [4.69, 9.17) is 9.15 Å². The Labute approximate surface area is 104 Å². The van der Waals surface area contributed by atoms with Gasteiger partial charge in [-0.2, -0.15) is 0 Å². The van der Waals surface area contributed by atoms with Crippen molar-refractivity contribution in [3.05, 3.63) is 33.7 Å². The fraction of sp³-hybridized carbons (Fsp3) is 0.357. The Morgan fingerprint density at radius 3 is 2.67 bits per heavy atom. The van der Waals surface area contributed by atoms with E-state index in [2.05, 4.69) is 0 Å². The van der Waals surface area contributed by atoms with Crippen LogP contribution in [0.4, 0.5) is 0 Å². The molecule has 0 radical (unpaired) electrons. The molecule has 18 heavy (non-hydrogen) atoms. The molecule has 94 valence electrons. The summed E-state index contributed by atoms with van der Waals surface area (Å²) in [5.41, 5.74) is 1.68. The number of phenols is 1. The van der Waals surface area contributed by atoms with Crippen molar-refractivity contribution in [3.63, 3.8) is 0 Å². The third kappa shape index (κ3) is 1.49. The summed E-state index contributed by atoms with van der Waals surface area (Å²) >= 11 is 0. The maximum atomic E-state index is 11.9. The Bertz CT molecular complexity index is 670. The Morgan fingerprint density at radius 2 is 1.94 bits per heavy atom. The number of fused-ring (bicyclic) bond motifs is 3. The summed E-state index contributed by atoms with van der Waals surface area (Å²) < 4.78 is 10.3. The molecule has 1 aliphatic carbocycles. The summed E-state index contributed by atoms with van der Waals surface area (Å²) in [6.45, 7) is 0. The van der Waals surface area contributed by atoms with Gasteiger partial charge in [-0.25, -0.2) is 4.79 Å². The van der Waals surface area contributed by atoms with E-state index >= 15 is 0 Å². The maximum Gasteiger partial charge on any atom is 0.339 e. The van der Waals surface area contributed by atoms with Crippen LogP contribution in [-0.4, -0.2) is 12.2 Å². The van der Waals surface area contributed by atoms with Crippen LogP contribution >= 0.6 is 0 Å². The lowest BCUT2D eigenvalue weighted by Gasteiger charge is -2.16. The molecule has 1 aliphatic rings. The van der Waals surface area contributed by atoms with Gasteiger partial charge in [-0.15, -0.1) is 0 Å². The minimum absolute atomic E-state index is 0.0968. The van der Waals surface area contributed by atoms with Crippen LogP contribution in [0.1, 0.15) is 24.0 Å². The van der Waals surface area contributed by atoms with E-state index in [1.165, 1.54) is 7.11 Å². The molecule has 0 saturated heterocycles. The lowest BCUT2D eigenvalue weighted by atomic mass is 9.90. The number of hydrogen-bond acceptors (Lipinski definition) is 4. The molecule has 4 heteroatoms. The first-order chi connectivity index (χ1) is 8.72. The largest absolute Gasteiger partial charge is 0.502 e. The highest BCUT2D eigenvalue weighted by atomic mass is 16.5. The molecule has 3 rings (SSSR count). The van der Waals surface area contributed by atoms with E-state index in [1.807, 2.05) is 6.07 Å². The third-order valence-corrected chi connectivity index (χ3v) is 3.55. The molecule has 0 saturated carbocycles. The number of aromatic hydroxyl groups is 1. The number of benzene rings is 1. The SMILES string of the molecule is COc1ccc2c3c(c(=O)oc2c1O)CCCC3. The van der Waals surface area contributed by atoms with Crippen LogP contribution in [0.5, 0.6) is 11.5 Å². The molecule has 1 aromatic heterocycles. The van der Waals surface area contributed by atoms with Crippen molar-refractivity contribution in [1.29, 1.82) is 0 Å². The molecular formula is C14H14O4. The Morgan fingerprint density at radius 1 is 1.22 bits per heavy atom. The summed E-state index contributed by atoms with van der Waals surface area (Å²) in [5.74, 6) is 0.224. The van der Waals surface area contributed by atoms with Gasteiger partial charge in [-0.1, -0.05) is 0 Å². The summed E-state index contributed by atoms with van der Waals surface area (Å²) in [7, 11) is 1.47. The van der Waals surface area contributed by atoms with Gasteiger partial charge in [0.1, 0.15) is 0 Å². The second kappa shape index (κ2) is 4.05. The number of ether oxygens (including phenoxy) is 1.